The number of sulfone groups is 1. The Hall–Kier alpha value is -3.56. The number of hydrogen-bond acceptors (Lipinski definition) is 7. The highest BCUT2D eigenvalue weighted by Gasteiger charge is 2.34. The van der Waals surface area contributed by atoms with Crippen molar-refractivity contribution >= 4 is 33.2 Å². The summed E-state index contributed by atoms with van der Waals surface area (Å²) in [6, 6.07) is 16.7. The van der Waals surface area contributed by atoms with Crippen LogP contribution in [0.15, 0.2) is 85.7 Å². The van der Waals surface area contributed by atoms with E-state index in [1.54, 1.807) is 28.0 Å². The van der Waals surface area contributed by atoms with E-state index in [1.165, 1.54) is 30.5 Å². The Kier molecular flexibility index (Phi) is 6.12. The molecule has 3 heterocycles. The molecule has 8 nitrogen and oxygen atoms in total. The van der Waals surface area contributed by atoms with Crippen molar-refractivity contribution in [1.29, 1.82) is 0 Å². The second-order valence-electron chi connectivity index (χ2n) is 8.21. The first kappa shape index (κ1) is 23.2. The predicted octanol–water partition coefficient (Wildman–Crippen LogP) is 4.69. The van der Waals surface area contributed by atoms with Crippen molar-refractivity contribution in [3.05, 3.63) is 83.1 Å². The zero-order valence-electron chi connectivity index (χ0n) is 18.8. The van der Waals surface area contributed by atoms with Crippen LogP contribution in [0.5, 0.6) is 0 Å². The van der Waals surface area contributed by atoms with E-state index in [0.29, 0.717) is 42.5 Å². The molecule has 1 amide bonds. The molecule has 10 heteroatoms. The number of halogens is 1. The molecule has 1 saturated heterocycles. The van der Waals surface area contributed by atoms with E-state index in [4.69, 9.17) is 20.4 Å². The molecule has 0 saturated carbocycles. The largest absolute Gasteiger partial charge is 0.459 e. The molecule has 0 bridgehead atoms. The maximum absolute atomic E-state index is 13.5. The summed E-state index contributed by atoms with van der Waals surface area (Å²) in [5.41, 5.74) is 1.64. The Morgan fingerprint density at radius 1 is 1.00 bits per heavy atom. The zero-order valence-corrected chi connectivity index (χ0v) is 20.4. The Morgan fingerprint density at radius 2 is 1.74 bits per heavy atom. The normalized spacial score (nSPS) is 14.3. The lowest BCUT2D eigenvalue weighted by atomic mass is 10.1. The van der Waals surface area contributed by atoms with E-state index in [-0.39, 0.29) is 27.6 Å². The van der Waals surface area contributed by atoms with Gasteiger partial charge in [-0.25, -0.2) is 8.42 Å². The molecule has 35 heavy (non-hydrogen) atoms. The maximum Gasteiger partial charge on any atom is 0.266 e. The molecule has 1 fully saturated rings. The van der Waals surface area contributed by atoms with Crippen molar-refractivity contribution in [2.75, 3.05) is 31.1 Å². The summed E-state index contributed by atoms with van der Waals surface area (Å²) < 4.78 is 38.3. The van der Waals surface area contributed by atoms with Crippen LogP contribution in [0.25, 0.3) is 11.7 Å². The van der Waals surface area contributed by atoms with Gasteiger partial charge in [0.15, 0.2) is 5.76 Å². The van der Waals surface area contributed by atoms with Gasteiger partial charge in [-0.1, -0.05) is 29.3 Å². The van der Waals surface area contributed by atoms with E-state index in [1.807, 2.05) is 25.1 Å². The van der Waals surface area contributed by atoms with Crippen molar-refractivity contribution in [3.63, 3.8) is 0 Å². The number of carbonyl (C=O) groups is 1. The number of carbonyl (C=O) groups excluding carboxylic acids is 1. The van der Waals surface area contributed by atoms with Crippen molar-refractivity contribution in [2.24, 2.45) is 0 Å². The molecule has 0 N–H and O–H groups in total. The summed E-state index contributed by atoms with van der Waals surface area (Å²) in [7, 11) is -4.01. The summed E-state index contributed by atoms with van der Waals surface area (Å²) in [6.07, 6.45) is 1.46. The number of furan rings is 1. The predicted molar refractivity (Wildman–Crippen MR) is 130 cm³/mol. The van der Waals surface area contributed by atoms with Crippen molar-refractivity contribution < 1.29 is 22.0 Å². The molecule has 2 aromatic heterocycles. The molecule has 1 aliphatic rings. The minimum Gasteiger partial charge on any atom is -0.459 e. The fraction of sp³-hybridized carbons (Fsp3) is 0.200. The topological polar surface area (TPSA) is 96.9 Å². The first-order valence-electron chi connectivity index (χ1n) is 11.0. The Labute approximate surface area is 207 Å². The lowest BCUT2D eigenvalue weighted by Crippen LogP contribution is -2.49. The van der Waals surface area contributed by atoms with Gasteiger partial charge in [-0.15, -0.1) is 0 Å². The third kappa shape index (κ3) is 4.56. The van der Waals surface area contributed by atoms with Gasteiger partial charge in [0.05, 0.1) is 11.2 Å². The van der Waals surface area contributed by atoms with E-state index in [2.05, 4.69) is 4.98 Å². The van der Waals surface area contributed by atoms with Crippen molar-refractivity contribution in [3.8, 4) is 11.7 Å². The second kappa shape index (κ2) is 9.24. The number of piperazine rings is 1. The monoisotopic (exact) mass is 511 g/mol. The lowest BCUT2D eigenvalue weighted by molar-refractivity contribution is 0.0745. The summed E-state index contributed by atoms with van der Waals surface area (Å²) >= 11 is 5.94. The van der Waals surface area contributed by atoms with Gasteiger partial charge < -0.3 is 18.6 Å². The fourth-order valence-corrected chi connectivity index (χ4v) is 5.42. The van der Waals surface area contributed by atoms with Gasteiger partial charge in [-0.3, -0.25) is 4.79 Å². The molecule has 0 spiro atoms. The number of rotatable bonds is 5. The highest BCUT2D eigenvalue weighted by atomic mass is 35.5. The van der Waals surface area contributed by atoms with Gasteiger partial charge in [-0.05, 0) is 55.5 Å². The second-order valence-corrected chi connectivity index (χ2v) is 10.5. The van der Waals surface area contributed by atoms with Crippen LogP contribution in [0.3, 0.4) is 0 Å². The van der Waals surface area contributed by atoms with Crippen LogP contribution >= 0.6 is 11.6 Å². The third-order valence-corrected chi connectivity index (χ3v) is 7.73. The quantitative estimate of drug-likeness (QED) is 0.383. The van der Waals surface area contributed by atoms with Crippen molar-refractivity contribution in [2.45, 2.75) is 16.8 Å². The van der Waals surface area contributed by atoms with Gasteiger partial charge in [-0.2, -0.15) is 4.98 Å². The van der Waals surface area contributed by atoms with Gasteiger partial charge in [0.1, 0.15) is 0 Å². The standard InChI is InChI=1S/C25H22ClN3O5S/c1-17-4-2-5-18(16-17)24(30)28-11-13-29(14-12-28)25-23(27-22(34-25)21-6-3-15-33-21)35(31,32)20-9-7-19(26)8-10-20/h2-10,15-16H,11-14H2,1H3. The Bertz CT molecular complexity index is 1460. The van der Waals surface area contributed by atoms with Crippen LogP contribution in [-0.2, 0) is 9.84 Å². The number of amides is 1. The number of nitrogens with zero attached hydrogens (tertiary/aromatic N) is 3. The fourth-order valence-electron chi connectivity index (χ4n) is 3.98. The Balaban J connectivity index is 1.44. The van der Waals surface area contributed by atoms with E-state index in [9.17, 15) is 13.2 Å². The van der Waals surface area contributed by atoms with Crippen LogP contribution < -0.4 is 4.90 Å². The SMILES string of the molecule is Cc1cccc(C(=O)N2CCN(c3oc(-c4ccco4)nc3S(=O)(=O)c3ccc(Cl)cc3)CC2)c1. The molecule has 2 aromatic carbocycles. The number of hydrogen-bond donors (Lipinski definition) is 0. The summed E-state index contributed by atoms with van der Waals surface area (Å²) in [6.45, 7) is 3.52. The number of oxazole rings is 1. The number of benzene rings is 2. The van der Waals surface area contributed by atoms with Crippen LogP contribution in [0.4, 0.5) is 5.88 Å². The smallest absolute Gasteiger partial charge is 0.266 e. The third-order valence-electron chi connectivity index (χ3n) is 5.81. The number of anilines is 1. The summed E-state index contributed by atoms with van der Waals surface area (Å²) in [5.74, 6) is 0.443. The van der Waals surface area contributed by atoms with Crippen LogP contribution in [0.2, 0.25) is 5.02 Å². The van der Waals surface area contributed by atoms with E-state index >= 15 is 0 Å². The maximum atomic E-state index is 13.5. The number of aryl methyl sites for hydroxylation is 1. The molecule has 0 atom stereocenters. The summed E-state index contributed by atoms with van der Waals surface area (Å²) in [4.78, 5) is 20.9. The molecule has 0 aliphatic carbocycles. The van der Waals surface area contributed by atoms with Crippen molar-refractivity contribution in [1.82, 2.24) is 9.88 Å². The molecule has 180 valence electrons. The van der Waals surface area contributed by atoms with Gasteiger partial charge >= 0.3 is 0 Å². The van der Waals surface area contributed by atoms with Crippen LogP contribution in [0.1, 0.15) is 15.9 Å². The lowest BCUT2D eigenvalue weighted by Gasteiger charge is -2.34. The average molecular weight is 512 g/mol. The first-order valence-corrected chi connectivity index (χ1v) is 12.9. The van der Waals surface area contributed by atoms with Gasteiger partial charge in [0, 0.05) is 36.8 Å². The average Bonchev–Trinajstić information content (AvgIpc) is 3.55. The first-order chi connectivity index (χ1) is 16.8. The highest BCUT2D eigenvalue weighted by Crippen LogP contribution is 2.35. The van der Waals surface area contributed by atoms with Gasteiger partial charge in [0.2, 0.25) is 20.7 Å². The van der Waals surface area contributed by atoms with E-state index < -0.39 is 9.84 Å². The minimum absolute atomic E-state index is 0.0516. The van der Waals surface area contributed by atoms with Crippen LogP contribution in [0, 0.1) is 6.92 Å². The molecule has 0 unspecified atom stereocenters. The zero-order chi connectivity index (χ0) is 24.6. The molecule has 5 rings (SSSR count). The molecule has 0 radical (unpaired) electrons. The van der Waals surface area contributed by atoms with Gasteiger partial charge in [0.25, 0.3) is 11.8 Å². The van der Waals surface area contributed by atoms with Crippen LogP contribution in [-0.4, -0.2) is 50.4 Å². The van der Waals surface area contributed by atoms with E-state index in [0.717, 1.165) is 5.56 Å². The molecule has 4 aromatic rings. The summed E-state index contributed by atoms with van der Waals surface area (Å²) in [5, 5.41) is 0.222. The number of aromatic nitrogens is 1. The molecular formula is C25H22ClN3O5S. The molecular weight excluding hydrogens is 490 g/mol. The molecule has 1 aliphatic heterocycles. The minimum atomic E-state index is -4.01. The highest BCUT2D eigenvalue weighted by molar-refractivity contribution is 7.91. The Morgan fingerprint density at radius 3 is 2.40 bits per heavy atom.